The quantitative estimate of drug-likeness (QED) is 0.695. The van der Waals surface area contributed by atoms with Crippen molar-refractivity contribution in [1.29, 1.82) is 0 Å². The summed E-state index contributed by atoms with van der Waals surface area (Å²) in [5, 5.41) is 0. The van der Waals surface area contributed by atoms with E-state index in [1.165, 1.54) is 0 Å². The summed E-state index contributed by atoms with van der Waals surface area (Å²) in [6.45, 7) is 1.55. The first-order chi connectivity index (χ1) is 7.27. The number of nitrogens with zero attached hydrogens (tertiary/aromatic N) is 2. The molecule has 15 heavy (non-hydrogen) atoms. The minimum atomic E-state index is 0.0489. The molecule has 0 amide bonds. The summed E-state index contributed by atoms with van der Waals surface area (Å²) >= 11 is 0. The van der Waals surface area contributed by atoms with E-state index in [0.29, 0.717) is 11.4 Å². The number of hydrogen-bond donors (Lipinski definition) is 0. The summed E-state index contributed by atoms with van der Waals surface area (Å²) in [6.07, 6.45) is 3.37. The lowest BCUT2D eigenvalue weighted by Crippen LogP contribution is -1.93. The van der Waals surface area contributed by atoms with Gasteiger partial charge in [0.05, 0.1) is 0 Å². The van der Waals surface area contributed by atoms with Gasteiger partial charge >= 0.3 is 0 Å². The van der Waals surface area contributed by atoms with Gasteiger partial charge in [0.2, 0.25) is 0 Å². The molecule has 0 bridgehead atoms. The third kappa shape index (κ3) is 2.07. The summed E-state index contributed by atoms with van der Waals surface area (Å²) in [5.74, 6) is 0.688. The number of rotatable bonds is 2. The fraction of sp³-hybridized carbons (Fsp3) is 0.0833. The minimum Gasteiger partial charge on any atom is -0.295 e. The maximum atomic E-state index is 11.2. The van der Waals surface area contributed by atoms with Crippen molar-refractivity contribution in [2.75, 3.05) is 0 Å². The van der Waals surface area contributed by atoms with E-state index in [4.69, 9.17) is 0 Å². The molecule has 0 radical (unpaired) electrons. The van der Waals surface area contributed by atoms with E-state index in [9.17, 15) is 4.79 Å². The number of ketones is 1. The number of benzene rings is 1. The maximum Gasteiger partial charge on any atom is 0.159 e. The molecule has 0 fully saturated rings. The maximum absolute atomic E-state index is 11.2. The van der Waals surface area contributed by atoms with Crippen LogP contribution in [0.5, 0.6) is 0 Å². The predicted molar refractivity (Wildman–Crippen MR) is 57.5 cm³/mol. The van der Waals surface area contributed by atoms with Gasteiger partial charge in [-0.25, -0.2) is 9.97 Å². The topological polar surface area (TPSA) is 42.9 Å². The Balaban J connectivity index is 2.46. The van der Waals surface area contributed by atoms with Gasteiger partial charge in [0.25, 0.3) is 0 Å². The summed E-state index contributed by atoms with van der Waals surface area (Å²) in [6, 6.07) is 9.08. The summed E-state index contributed by atoms with van der Waals surface area (Å²) in [5.41, 5.74) is 1.54. The average molecular weight is 198 g/mol. The second kappa shape index (κ2) is 4.00. The molecule has 0 saturated carbocycles. The number of hydrogen-bond acceptors (Lipinski definition) is 3. The number of aromatic nitrogens is 2. The molecule has 1 aromatic heterocycles. The van der Waals surface area contributed by atoms with Gasteiger partial charge in [0, 0.05) is 23.5 Å². The monoisotopic (exact) mass is 198 g/mol. The van der Waals surface area contributed by atoms with Crippen molar-refractivity contribution in [1.82, 2.24) is 9.97 Å². The van der Waals surface area contributed by atoms with Crippen molar-refractivity contribution in [2.45, 2.75) is 6.92 Å². The fourth-order valence-electron chi connectivity index (χ4n) is 1.33. The molecule has 2 rings (SSSR count). The molecule has 3 heteroatoms. The van der Waals surface area contributed by atoms with Gasteiger partial charge in [-0.2, -0.15) is 0 Å². The molecular formula is C12H10N2O. The highest BCUT2D eigenvalue weighted by Crippen LogP contribution is 2.15. The van der Waals surface area contributed by atoms with Gasteiger partial charge in [-0.05, 0) is 19.1 Å². The van der Waals surface area contributed by atoms with Gasteiger partial charge in [-0.1, -0.05) is 18.2 Å². The zero-order valence-electron chi connectivity index (χ0n) is 8.34. The van der Waals surface area contributed by atoms with Crippen molar-refractivity contribution < 1.29 is 4.79 Å². The fourth-order valence-corrected chi connectivity index (χ4v) is 1.33. The zero-order valence-corrected chi connectivity index (χ0v) is 8.34. The summed E-state index contributed by atoms with van der Waals surface area (Å²) < 4.78 is 0. The molecule has 0 N–H and O–H groups in total. The van der Waals surface area contributed by atoms with Crippen LogP contribution in [-0.4, -0.2) is 15.8 Å². The van der Waals surface area contributed by atoms with E-state index in [2.05, 4.69) is 9.97 Å². The van der Waals surface area contributed by atoms with E-state index >= 15 is 0 Å². The molecule has 0 atom stereocenters. The van der Waals surface area contributed by atoms with Gasteiger partial charge < -0.3 is 0 Å². The first kappa shape index (κ1) is 9.52. The van der Waals surface area contributed by atoms with Crippen molar-refractivity contribution in [3.63, 3.8) is 0 Å². The number of Topliss-reactive ketones (excluding diaryl/α,β-unsaturated/α-hetero) is 1. The normalized spacial score (nSPS) is 9.93. The highest BCUT2D eigenvalue weighted by molar-refractivity contribution is 5.95. The average Bonchev–Trinajstić information content (AvgIpc) is 2.30. The Morgan fingerprint density at radius 1 is 1.13 bits per heavy atom. The molecule has 0 aliphatic rings. The van der Waals surface area contributed by atoms with E-state index in [-0.39, 0.29) is 5.78 Å². The van der Waals surface area contributed by atoms with E-state index in [1.54, 1.807) is 37.5 Å². The third-order valence-corrected chi connectivity index (χ3v) is 2.09. The Labute approximate surface area is 87.8 Å². The van der Waals surface area contributed by atoms with Crippen LogP contribution >= 0.6 is 0 Å². The SMILES string of the molecule is CC(=O)c1cccc(-c2ncccn2)c1. The van der Waals surface area contributed by atoms with E-state index in [0.717, 1.165) is 5.56 Å². The standard InChI is InChI=1S/C12H10N2O/c1-9(15)10-4-2-5-11(8-10)12-13-6-3-7-14-12/h2-8H,1H3. The number of carbonyl (C=O) groups is 1. The van der Waals surface area contributed by atoms with E-state index < -0.39 is 0 Å². The Bertz CT molecular complexity index is 480. The van der Waals surface area contributed by atoms with E-state index in [1.807, 2.05) is 12.1 Å². The summed E-state index contributed by atoms with van der Waals surface area (Å²) in [4.78, 5) is 19.4. The van der Waals surface area contributed by atoms with Gasteiger partial charge in [-0.15, -0.1) is 0 Å². The van der Waals surface area contributed by atoms with Crippen molar-refractivity contribution in [2.24, 2.45) is 0 Å². The number of carbonyl (C=O) groups excluding carboxylic acids is 1. The van der Waals surface area contributed by atoms with Crippen LogP contribution in [0.15, 0.2) is 42.7 Å². The van der Waals surface area contributed by atoms with Crippen LogP contribution in [0.4, 0.5) is 0 Å². The molecule has 1 heterocycles. The van der Waals surface area contributed by atoms with Crippen LogP contribution in [-0.2, 0) is 0 Å². The zero-order chi connectivity index (χ0) is 10.7. The molecule has 0 spiro atoms. The molecule has 0 aliphatic carbocycles. The second-order valence-electron chi connectivity index (χ2n) is 3.21. The Kier molecular flexibility index (Phi) is 2.54. The predicted octanol–water partition coefficient (Wildman–Crippen LogP) is 2.35. The van der Waals surface area contributed by atoms with Crippen LogP contribution in [0.3, 0.4) is 0 Å². The van der Waals surface area contributed by atoms with Crippen LogP contribution in [0.2, 0.25) is 0 Å². The molecule has 0 unspecified atom stereocenters. The van der Waals surface area contributed by atoms with Crippen LogP contribution in [0, 0.1) is 0 Å². The van der Waals surface area contributed by atoms with Crippen LogP contribution in [0.25, 0.3) is 11.4 Å². The lowest BCUT2D eigenvalue weighted by Gasteiger charge is -2.00. The van der Waals surface area contributed by atoms with Crippen LogP contribution < -0.4 is 0 Å². The molecule has 2 aromatic rings. The minimum absolute atomic E-state index is 0.0489. The van der Waals surface area contributed by atoms with Gasteiger partial charge in [0.15, 0.2) is 11.6 Å². The Hall–Kier alpha value is -2.03. The second-order valence-corrected chi connectivity index (χ2v) is 3.21. The van der Waals surface area contributed by atoms with Crippen molar-refractivity contribution in [3.8, 4) is 11.4 Å². The first-order valence-corrected chi connectivity index (χ1v) is 4.66. The molecule has 0 aliphatic heterocycles. The summed E-state index contributed by atoms with van der Waals surface area (Å²) in [7, 11) is 0. The molecule has 0 saturated heterocycles. The Morgan fingerprint density at radius 2 is 1.87 bits per heavy atom. The smallest absolute Gasteiger partial charge is 0.159 e. The highest BCUT2D eigenvalue weighted by atomic mass is 16.1. The highest BCUT2D eigenvalue weighted by Gasteiger charge is 2.03. The van der Waals surface area contributed by atoms with Crippen molar-refractivity contribution in [3.05, 3.63) is 48.3 Å². The first-order valence-electron chi connectivity index (χ1n) is 4.66. The van der Waals surface area contributed by atoms with Crippen LogP contribution in [0.1, 0.15) is 17.3 Å². The van der Waals surface area contributed by atoms with Gasteiger partial charge in [0.1, 0.15) is 0 Å². The van der Waals surface area contributed by atoms with Crippen molar-refractivity contribution >= 4 is 5.78 Å². The molecule has 74 valence electrons. The van der Waals surface area contributed by atoms with Gasteiger partial charge in [-0.3, -0.25) is 4.79 Å². The largest absolute Gasteiger partial charge is 0.295 e. The molecule has 3 nitrogen and oxygen atoms in total. The lowest BCUT2D eigenvalue weighted by atomic mass is 10.1. The molecular weight excluding hydrogens is 188 g/mol. The third-order valence-electron chi connectivity index (χ3n) is 2.09. The lowest BCUT2D eigenvalue weighted by molar-refractivity contribution is 0.101. The molecule has 1 aromatic carbocycles. The Morgan fingerprint density at radius 3 is 2.53 bits per heavy atom.